The highest BCUT2D eigenvalue weighted by molar-refractivity contribution is 5.91. The fourth-order valence-electron chi connectivity index (χ4n) is 4.89. The standard InChI is InChI=1S/C26H26N4O5/c1-34-20-12-7-11-19(14-20)29-23-22(24(31)30(26(29)33)18-9-4-5-10-18)28(16-27-23)15-17-8-3-6-13-21(17)25(32)35-2/h3,6-8,11-14,16,18H,4-5,9-10,15H2,1-2H3. The van der Waals surface area contributed by atoms with Crippen molar-refractivity contribution in [2.24, 2.45) is 0 Å². The molecule has 1 saturated carbocycles. The van der Waals surface area contributed by atoms with Crippen LogP contribution in [0.1, 0.15) is 47.6 Å². The van der Waals surface area contributed by atoms with Crippen molar-refractivity contribution in [2.75, 3.05) is 14.2 Å². The number of ether oxygens (including phenoxy) is 2. The van der Waals surface area contributed by atoms with Gasteiger partial charge in [-0.15, -0.1) is 0 Å². The lowest BCUT2D eigenvalue weighted by Gasteiger charge is -2.17. The second-order valence-electron chi connectivity index (χ2n) is 8.63. The van der Waals surface area contributed by atoms with Crippen LogP contribution in [0.15, 0.2) is 64.4 Å². The smallest absolute Gasteiger partial charge is 0.338 e. The SMILES string of the molecule is COC(=O)c1ccccc1Cn1cnc2c1c(=O)n(C1CCCC1)c(=O)n2-c1cccc(OC)c1. The molecule has 5 rings (SSSR count). The van der Waals surface area contributed by atoms with Gasteiger partial charge in [-0.1, -0.05) is 37.1 Å². The van der Waals surface area contributed by atoms with E-state index in [1.165, 1.54) is 22.6 Å². The Morgan fingerprint density at radius 1 is 1.06 bits per heavy atom. The van der Waals surface area contributed by atoms with Crippen molar-refractivity contribution in [1.82, 2.24) is 18.7 Å². The van der Waals surface area contributed by atoms with Gasteiger partial charge in [0, 0.05) is 12.1 Å². The van der Waals surface area contributed by atoms with Crippen LogP contribution in [-0.2, 0) is 11.3 Å². The third kappa shape index (κ3) is 3.92. The molecule has 0 unspecified atom stereocenters. The summed E-state index contributed by atoms with van der Waals surface area (Å²) in [6, 6.07) is 14.0. The predicted molar refractivity (Wildman–Crippen MR) is 131 cm³/mol. The number of hydrogen-bond donors (Lipinski definition) is 0. The van der Waals surface area contributed by atoms with Crippen molar-refractivity contribution in [1.29, 1.82) is 0 Å². The van der Waals surface area contributed by atoms with Gasteiger partial charge in [-0.25, -0.2) is 19.1 Å². The van der Waals surface area contributed by atoms with Crippen LogP contribution in [0.25, 0.3) is 16.9 Å². The van der Waals surface area contributed by atoms with Gasteiger partial charge in [0.2, 0.25) is 0 Å². The molecule has 0 bridgehead atoms. The molecule has 1 aliphatic carbocycles. The second kappa shape index (κ2) is 9.25. The maximum atomic E-state index is 13.8. The average Bonchev–Trinajstić information content (AvgIpc) is 3.55. The van der Waals surface area contributed by atoms with Gasteiger partial charge in [-0.2, -0.15) is 0 Å². The Morgan fingerprint density at radius 2 is 1.83 bits per heavy atom. The van der Waals surface area contributed by atoms with E-state index < -0.39 is 11.7 Å². The molecule has 0 N–H and O–H groups in total. The molecule has 0 spiro atoms. The molecule has 2 aromatic heterocycles. The molecule has 2 aromatic carbocycles. The summed E-state index contributed by atoms with van der Waals surface area (Å²) in [5.41, 5.74) is 1.44. The number of methoxy groups -OCH3 is 2. The topological polar surface area (TPSA) is 97.4 Å². The van der Waals surface area contributed by atoms with Gasteiger partial charge in [-0.05, 0) is 36.6 Å². The molecule has 4 aromatic rings. The van der Waals surface area contributed by atoms with Crippen molar-refractivity contribution in [3.63, 3.8) is 0 Å². The number of carbonyl (C=O) groups is 1. The Hall–Kier alpha value is -4.14. The van der Waals surface area contributed by atoms with E-state index in [1.807, 2.05) is 12.1 Å². The van der Waals surface area contributed by atoms with E-state index in [0.29, 0.717) is 28.1 Å². The molecule has 0 radical (unpaired) electrons. The molecule has 2 heterocycles. The van der Waals surface area contributed by atoms with Gasteiger partial charge in [0.1, 0.15) is 5.75 Å². The zero-order chi connectivity index (χ0) is 24.5. The lowest BCUT2D eigenvalue weighted by molar-refractivity contribution is 0.0599. The van der Waals surface area contributed by atoms with Crippen molar-refractivity contribution in [2.45, 2.75) is 38.3 Å². The molecule has 0 saturated heterocycles. The summed E-state index contributed by atoms with van der Waals surface area (Å²) in [7, 11) is 2.89. The zero-order valence-corrected chi connectivity index (χ0v) is 19.6. The minimum atomic E-state index is -0.457. The van der Waals surface area contributed by atoms with Gasteiger partial charge in [-0.3, -0.25) is 9.36 Å². The number of carbonyl (C=O) groups excluding carboxylic acids is 1. The normalized spacial score (nSPS) is 13.9. The molecule has 1 fully saturated rings. The van der Waals surface area contributed by atoms with Crippen LogP contribution >= 0.6 is 0 Å². The monoisotopic (exact) mass is 474 g/mol. The van der Waals surface area contributed by atoms with E-state index in [-0.39, 0.29) is 23.8 Å². The Bertz CT molecular complexity index is 1530. The first-order valence-corrected chi connectivity index (χ1v) is 11.6. The maximum absolute atomic E-state index is 13.8. The number of fused-ring (bicyclic) bond motifs is 1. The van der Waals surface area contributed by atoms with Crippen LogP contribution in [0.4, 0.5) is 0 Å². The molecule has 0 atom stereocenters. The molecule has 35 heavy (non-hydrogen) atoms. The number of benzene rings is 2. The first-order chi connectivity index (χ1) is 17.0. The number of imidazole rings is 1. The largest absolute Gasteiger partial charge is 0.497 e. The molecule has 0 aliphatic heterocycles. The van der Waals surface area contributed by atoms with Gasteiger partial charge < -0.3 is 14.0 Å². The molecule has 9 heteroatoms. The van der Waals surface area contributed by atoms with E-state index in [1.54, 1.807) is 48.1 Å². The molecule has 9 nitrogen and oxygen atoms in total. The Morgan fingerprint density at radius 3 is 2.57 bits per heavy atom. The Balaban J connectivity index is 1.76. The van der Waals surface area contributed by atoms with Crippen LogP contribution in [-0.4, -0.2) is 38.9 Å². The van der Waals surface area contributed by atoms with Crippen molar-refractivity contribution < 1.29 is 14.3 Å². The quantitative estimate of drug-likeness (QED) is 0.398. The van der Waals surface area contributed by atoms with Gasteiger partial charge in [0.15, 0.2) is 11.2 Å². The predicted octanol–water partition coefficient (Wildman–Crippen LogP) is 3.31. The number of rotatable bonds is 6. The molecule has 0 amide bonds. The average molecular weight is 475 g/mol. The summed E-state index contributed by atoms with van der Waals surface area (Å²) in [6.45, 7) is 0.220. The Labute approximate surface area is 201 Å². The lowest BCUT2D eigenvalue weighted by Crippen LogP contribution is -2.41. The van der Waals surface area contributed by atoms with Gasteiger partial charge in [0.05, 0.1) is 38.3 Å². The molecule has 180 valence electrons. The van der Waals surface area contributed by atoms with E-state index in [4.69, 9.17) is 9.47 Å². The van der Waals surface area contributed by atoms with Crippen LogP contribution < -0.4 is 16.0 Å². The van der Waals surface area contributed by atoms with Crippen LogP contribution in [0.2, 0.25) is 0 Å². The van der Waals surface area contributed by atoms with E-state index in [0.717, 1.165) is 25.7 Å². The summed E-state index contributed by atoms with van der Waals surface area (Å²) < 4.78 is 14.8. The summed E-state index contributed by atoms with van der Waals surface area (Å²) in [6.07, 6.45) is 5.03. The van der Waals surface area contributed by atoms with Crippen LogP contribution in [0.5, 0.6) is 5.75 Å². The highest BCUT2D eigenvalue weighted by Gasteiger charge is 2.26. The number of aromatic nitrogens is 4. The number of nitrogens with zero attached hydrogens (tertiary/aromatic N) is 4. The lowest BCUT2D eigenvalue weighted by atomic mass is 10.1. The fourth-order valence-corrected chi connectivity index (χ4v) is 4.89. The minimum Gasteiger partial charge on any atom is -0.497 e. The van der Waals surface area contributed by atoms with Gasteiger partial charge >= 0.3 is 11.7 Å². The van der Waals surface area contributed by atoms with Gasteiger partial charge in [0.25, 0.3) is 5.56 Å². The second-order valence-corrected chi connectivity index (χ2v) is 8.63. The van der Waals surface area contributed by atoms with Crippen molar-refractivity contribution in [3.05, 3.63) is 86.8 Å². The first kappa shape index (κ1) is 22.6. The summed E-state index contributed by atoms with van der Waals surface area (Å²) >= 11 is 0. The number of hydrogen-bond acceptors (Lipinski definition) is 6. The van der Waals surface area contributed by atoms with E-state index in [9.17, 15) is 14.4 Å². The summed E-state index contributed by atoms with van der Waals surface area (Å²) in [5, 5.41) is 0. The third-order valence-corrected chi connectivity index (χ3v) is 6.61. The zero-order valence-electron chi connectivity index (χ0n) is 19.6. The van der Waals surface area contributed by atoms with Crippen LogP contribution in [0.3, 0.4) is 0 Å². The third-order valence-electron chi connectivity index (χ3n) is 6.61. The fraction of sp³-hybridized carbons (Fsp3) is 0.308. The summed E-state index contributed by atoms with van der Waals surface area (Å²) in [4.78, 5) is 44.3. The first-order valence-electron chi connectivity index (χ1n) is 11.6. The van der Waals surface area contributed by atoms with E-state index >= 15 is 0 Å². The van der Waals surface area contributed by atoms with E-state index in [2.05, 4.69) is 4.98 Å². The Kier molecular flexibility index (Phi) is 5.98. The number of esters is 1. The minimum absolute atomic E-state index is 0.165. The van der Waals surface area contributed by atoms with Crippen LogP contribution in [0, 0.1) is 0 Å². The highest BCUT2D eigenvalue weighted by Crippen LogP contribution is 2.28. The van der Waals surface area contributed by atoms with Crippen molar-refractivity contribution in [3.8, 4) is 11.4 Å². The maximum Gasteiger partial charge on any atom is 0.338 e. The molecule has 1 aliphatic rings. The summed E-state index contributed by atoms with van der Waals surface area (Å²) in [5.74, 6) is 0.134. The molecular formula is C26H26N4O5. The molecular weight excluding hydrogens is 448 g/mol. The highest BCUT2D eigenvalue weighted by atomic mass is 16.5. The van der Waals surface area contributed by atoms with Crippen molar-refractivity contribution >= 4 is 17.1 Å².